The second kappa shape index (κ2) is 17.9. The van der Waals surface area contributed by atoms with Gasteiger partial charge in [-0.3, -0.25) is 4.90 Å². The molecule has 0 fully saturated rings. The number of aromatic nitrogens is 3. The van der Waals surface area contributed by atoms with Crippen LogP contribution in [0.5, 0.6) is 0 Å². The molecule has 320 valence electrons. The molecule has 0 amide bonds. The van der Waals surface area contributed by atoms with Crippen LogP contribution in [-0.2, 0) is 0 Å². The highest BCUT2D eigenvalue weighted by molar-refractivity contribution is 5.98. The minimum absolute atomic E-state index is 0.0438. The quantitative estimate of drug-likeness (QED) is 0.129. The number of anilines is 3. The van der Waals surface area contributed by atoms with Crippen molar-refractivity contribution in [1.29, 1.82) is 0 Å². The van der Waals surface area contributed by atoms with Crippen molar-refractivity contribution in [3.63, 3.8) is 0 Å². The highest BCUT2D eigenvalue weighted by atomic mass is 15.3. The number of fused-ring (bicyclic) bond motifs is 1. The fraction of sp³-hybridized carbons (Fsp3) is 0.113. The van der Waals surface area contributed by atoms with Crippen molar-refractivity contribution >= 4 is 28.1 Å². The molecule has 0 saturated heterocycles. The van der Waals surface area contributed by atoms with Crippen LogP contribution in [0.25, 0.3) is 55.8 Å². The van der Waals surface area contributed by atoms with E-state index in [1.165, 1.54) is 66.8 Å². The Kier molecular flexibility index (Phi) is 11.4. The van der Waals surface area contributed by atoms with Gasteiger partial charge in [-0.1, -0.05) is 193 Å². The predicted molar refractivity (Wildman–Crippen MR) is 276 cm³/mol. The van der Waals surface area contributed by atoms with Gasteiger partial charge in [-0.25, -0.2) is 4.98 Å². The molecule has 9 aromatic carbocycles. The normalized spacial score (nSPS) is 11.3. The third-order valence-electron chi connectivity index (χ3n) is 12.9. The van der Waals surface area contributed by atoms with Crippen molar-refractivity contribution in [2.24, 2.45) is 0 Å². The van der Waals surface area contributed by atoms with Gasteiger partial charge in [-0.15, -0.1) is 0 Å². The number of hydrogen-bond donors (Lipinski definition) is 0. The van der Waals surface area contributed by atoms with Crippen LogP contribution >= 0.6 is 0 Å². The molecule has 0 N–H and O–H groups in total. The molecule has 10 aromatic rings. The maximum atomic E-state index is 5.38. The molecule has 0 unspecified atom stereocenters. The van der Waals surface area contributed by atoms with E-state index < -0.39 is 0 Å². The first-order chi connectivity index (χ1) is 32.2. The van der Waals surface area contributed by atoms with E-state index in [1.807, 2.05) is 18.2 Å². The molecule has 0 bridgehead atoms. The van der Waals surface area contributed by atoms with Gasteiger partial charge < -0.3 is 0 Å². The summed E-state index contributed by atoms with van der Waals surface area (Å²) in [6.45, 7) is 13.4. The molecule has 1 heterocycles. The number of hydrogen-bond acceptors (Lipinski definition) is 4. The van der Waals surface area contributed by atoms with Crippen molar-refractivity contribution in [2.75, 3.05) is 4.90 Å². The van der Waals surface area contributed by atoms with E-state index in [1.54, 1.807) is 0 Å². The summed E-state index contributed by atoms with van der Waals surface area (Å²) in [5.74, 6) is 1.78. The highest BCUT2D eigenvalue weighted by Gasteiger charge is 2.26. The Morgan fingerprint density at radius 1 is 0.379 bits per heavy atom. The fourth-order valence-electron chi connectivity index (χ4n) is 10.1. The van der Waals surface area contributed by atoms with Crippen LogP contribution in [0.15, 0.2) is 200 Å². The minimum Gasteiger partial charge on any atom is -0.278 e. The molecule has 4 heteroatoms. The molecule has 0 aliphatic heterocycles. The maximum Gasteiger partial charge on any atom is 0.238 e. The van der Waals surface area contributed by atoms with E-state index in [-0.39, 0.29) is 5.92 Å². The van der Waals surface area contributed by atoms with Crippen LogP contribution in [-0.4, -0.2) is 15.0 Å². The SMILES string of the molecule is Cc1cc(C)c(C(c2ccc(N(c3nc(-c4ccccc4)nc(-c4ccc(-c5ccccc5-c5ccccc5)cc4)n3)c3cccc4ccccc34)cc2)c2c(C)cc(C)cc2C)c(C)c1. The van der Waals surface area contributed by atoms with E-state index in [2.05, 4.69) is 228 Å². The van der Waals surface area contributed by atoms with Crippen LogP contribution < -0.4 is 4.90 Å². The highest BCUT2D eigenvalue weighted by Crippen LogP contribution is 2.43. The monoisotopic (exact) mass is 852 g/mol. The lowest BCUT2D eigenvalue weighted by Crippen LogP contribution is -2.16. The smallest absolute Gasteiger partial charge is 0.238 e. The molecule has 0 aliphatic rings. The summed E-state index contributed by atoms with van der Waals surface area (Å²) in [4.78, 5) is 18.1. The Morgan fingerprint density at radius 3 is 1.38 bits per heavy atom. The lowest BCUT2D eigenvalue weighted by molar-refractivity contribution is 0.919. The first-order valence-electron chi connectivity index (χ1n) is 22.8. The summed E-state index contributed by atoms with van der Waals surface area (Å²) in [5, 5.41) is 2.24. The zero-order valence-electron chi connectivity index (χ0n) is 38.4. The zero-order chi connectivity index (χ0) is 45.3. The van der Waals surface area contributed by atoms with Crippen molar-refractivity contribution in [1.82, 2.24) is 15.0 Å². The molecule has 10 rings (SSSR count). The Balaban J connectivity index is 1.14. The van der Waals surface area contributed by atoms with E-state index >= 15 is 0 Å². The summed E-state index contributed by atoms with van der Waals surface area (Å²) in [5.41, 5.74) is 20.2. The van der Waals surface area contributed by atoms with Gasteiger partial charge in [0.05, 0.1) is 5.69 Å². The number of benzene rings is 9. The molecule has 0 radical (unpaired) electrons. The first-order valence-corrected chi connectivity index (χ1v) is 22.8. The van der Waals surface area contributed by atoms with Crippen LogP contribution in [0.4, 0.5) is 17.3 Å². The summed E-state index contributed by atoms with van der Waals surface area (Å²) in [6, 6.07) is 71.3. The second-order valence-electron chi connectivity index (χ2n) is 17.6. The Labute approximate surface area is 389 Å². The topological polar surface area (TPSA) is 41.9 Å². The van der Waals surface area contributed by atoms with Crippen LogP contribution in [0.3, 0.4) is 0 Å². The lowest BCUT2D eigenvalue weighted by atomic mass is 9.77. The average molecular weight is 853 g/mol. The maximum absolute atomic E-state index is 5.38. The van der Waals surface area contributed by atoms with Gasteiger partial charge in [-0.05, 0) is 126 Å². The summed E-state index contributed by atoms with van der Waals surface area (Å²) in [6.07, 6.45) is 0. The Morgan fingerprint density at radius 2 is 0.818 bits per heavy atom. The fourth-order valence-corrected chi connectivity index (χ4v) is 10.1. The minimum atomic E-state index is 0.0438. The van der Waals surface area contributed by atoms with E-state index in [0.29, 0.717) is 17.6 Å². The molecular formula is C62H52N4. The van der Waals surface area contributed by atoms with Crippen molar-refractivity contribution < 1.29 is 0 Å². The number of rotatable bonds is 10. The van der Waals surface area contributed by atoms with E-state index in [4.69, 9.17) is 15.0 Å². The van der Waals surface area contributed by atoms with Crippen LogP contribution in [0.2, 0.25) is 0 Å². The largest absolute Gasteiger partial charge is 0.278 e. The molecular weight excluding hydrogens is 801 g/mol. The summed E-state index contributed by atoms with van der Waals surface area (Å²) < 4.78 is 0. The predicted octanol–water partition coefficient (Wildman–Crippen LogP) is 16.2. The second-order valence-corrected chi connectivity index (χ2v) is 17.6. The Bertz CT molecular complexity index is 3250. The lowest BCUT2D eigenvalue weighted by Gasteiger charge is -2.28. The van der Waals surface area contributed by atoms with Crippen LogP contribution in [0.1, 0.15) is 56.0 Å². The zero-order valence-corrected chi connectivity index (χ0v) is 38.4. The van der Waals surface area contributed by atoms with Gasteiger partial charge in [-0.2, -0.15) is 9.97 Å². The average Bonchev–Trinajstić information content (AvgIpc) is 3.34. The number of nitrogens with zero attached hydrogens (tertiary/aromatic N) is 4. The van der Waals surface area contributed by atoms with Gasteiger partial charge in [0.2, 0.25) is 5.95 Å². The van der Waals surface area contributed by atoms with Gasteiger partial charge >= 0.3 is 0 Å². The Hall–Kier alpha value is -7.95. The van der Waals surface area contributed by atoms with Gasteiger partial charge in [0, 0.05) is 28.1 Å². The number of aryl methyl sites for hydroxylation is 6. The van der Waals surface area contributed by atoms with Gasteiger partial charge in [0.15, 0.2) is 11.6 Å². The standard InChI is InChI=1S/C62H52N4/c1-40-36-42(3)57(43(4)37-40)59(58-44(5)38-41(2)39-45(58)6)49-32-34-52(35-33-49)66(56-27-17-23-47-20-13-14-26-55(47)56)62-64-60(50-21-11-8-12-22-50)63-61(65-62)51-30-28-48(29-31-51)54-25-16-15-24-53(54)46-18-9-7-10-19-46/h7-39,59H,1-6H3. The third-order valence-corrected chi connectivity index (χ3v) is 12.9. The molecule has 0 atom stereocenters. The van der Waals surface area contributed by atoms with Crippen LogP contribution in [0, 0.1) is 41.5 Å². The molecule has 4 nitrogen and oxygen atoms in total. The van der Waals surface area contributed by atoms with Gasteiger partial charge in [0.1, 0.15) is 0 Å². The molecule has 1 aromatic heterocycles. The van der Waals surface area contributed by atoms with E-state index in [9.17, 15) is 0 Å². The van der Waals surface area contributed by atoms with E-state index in [0.717, 1.165) is 38.8 Å². The molecule has 0 aliphatic carbocycles. The van der Waals surface area contributed by atoms with Crippen molar-refractivity contribution in [3.05, 3.63) is 250 Å². The first kappa shape index (κ1) is 42.0. The molecule has 0 spiro atoms. The molecule has 0 saturated carbocycles. The van der Waals surface area contributed by atoms with Gasteiger partial charge in [0.25, 0.3) is 0 Å². The summed E-state index contributed by atoms with van der Waals surface area (Å²) in [7, 11) is 0. The third kappa shape index (κ3) is 8.19. The summed E-state index contributed by atoms with van der Waals surface area (Å²) >= 11 is 0. The van der Waals surface area contributed by atoms with Crippen molar-refractivity contribution in [3.8, 4) is 45.0 Å². The van der Waals surface area contributed by atoms with Crippen molar-refractivity contribution in [2.45, 2.75) is 47.5 Å². The molecule has 66 heavy (non-hydrogen) atoms.